The number of benzene rings is 2. The monoisotopic (exact) mass is 399 g/mol. The molecule has 1 aliphatic carbocycles. The first-order chi connectivity index (χ1) is 14.8. The summed E-state index contributed by atoms with van der Waals surface area (Å²) in [5, 5.41) is 0. The lowest BCUT2D eigenvalue weighted by Crippen LogP contribution is -2.12. The number of ether oxygens (including phenoxy) is 1. The molecule has 0 amide bonds. The van der Waals surface area contributed by atoms with E-state index in [0.29, 0.717) is 29.8 Å². The minimum atomic E-state index is 0.417. The van der Waals surface area contributed by atoms with E-state index >= 15 is 0 Å². The number of hydrogen-bond donors (Lipinski definition) is 1. The molecule has 2 heterocycles. The summed E-state index contributed by atoms with van der Waals surface area (Å²) in [6, 6.07) is 18.4. The molecule has 152 valence electrons. The van der Waals surface area contributed by atoms with Gasteiger partial charge in [-0.3, -0.25) is 0 Å². The van der Waals surface area contributed by atoms with Gasteiger partial charge < -0.3 is 15.0 Å². The number of nitrogen functional groups attached to an aromatic ring is 1. The normalized spacial score (nSPS) is 14.8. The Balaban J connectivity index is 1.45. The van der Waals surface area contributed by atoms with Crippen LogP contribution < -0.4 is 10.5 Å². The highest BCUT2D eigenvalue weighted by Gasteiger charge is 2.20. The Morgan fingerprint density at radius 2 is 1.80 bits per heavy atom. The van der Waals surface area contributed by atoms with E-state index in [9.17, 15) is 0 Å². The Morgan fingerprint density at radius 3 is 2.63 bits per heavy atom. The van der Waals surface area contributed by atoms with Crippen molar-refractivity contribution in [1.82, 2.24) is 19.5 Å². The van der Waals surface area contributed by atoms with Gasteiger partial charge in [0.05, 0.1) is 6.33 Å². The number of aromatic nitrogens is 4. The second-order valence-corrected chi connectivity index (χ2v) is 7.85. The number of nitrogens with zero attached hydrogens (tertiary/aromatic N) is 4. The van der Waals surface area contributed by atoms with Crippen molar-refractivity contribution in [3.63, 3.8) is 0 Å². The summed E-state index contributed by atoms with van der Waals surface area (Å²) in [4.78, 5) is 13.9. The highest BCUT2D eigenvalue weighted by Crippen LogP contribution is 2.32. The van der Waals surface area contributed by atoms with Gasteiger partial charge in [-0.2, -0.15) is 0 Å². The molecule has 1 saturated carbocycles. The molecule has 30 heavy (non-hydrogen) atoms. The van der Waals surface area contributed by atoms with Crippen molar-refractivity contribution >= 4 is 17.0 Å². The average Bonchev–Trinajstić information content (AvgIpc) is 3.24. The molecule has 0 saturated heterocycles. The predicted molar refractivity (Wildman–Crippen MR) is 118 cm³/mol. The van der Waals surface area contributed by atoms with Gasteiger partial charge in [0.1, 0.15) is 17.9 Å². The van der Waals surface area contributed by atoms with Gasteiger partial charge in [0.25, 0.3) is 0 Å². The fraction of sp³-hybridized carbons (Fsp3) is 0.292. The Morgan fingerprint density at radius 1 is 0.967 bits per heavy atom. The van der Waals surface area contributed by atoms with Gasteiger partial charge >= 0.3 is 0 Å². The van der Waals surface area contributed by atoms with E-state index in [1.807, 2.05) is 60.9 Å². The molecule has 6 heteroatoms. The van der Waals surface area contributed by atoms with Crippen molar-refractivity contribution < 1.29 is 4.74 Å². The fourth-order valence-corrected chi connectivity index (χ4v) is 4.16. The van der Waals surface area contributed by atoms with Crippen LogP contribution in [0.4, 0.5) is 5.82 Å². The van der Waals surface area contributed by atoms with Crippen LogP contribution in [0.15, 0.2) is 60.9 Å². The first-order valence-corrected chi connectivity index (χ1v) is 10.5. The third-order valence-corrected chi connectivity index (χ3v) is 5.76. The van der Waals surface area contributed by atoms with Gasteiger partial charge in [-0.15, -0.1) is 0 Å². The van der Waals surface area contributed by atoms with Crippen molar-refractivity contribution in [3.05, 3.63) is 66.5 Å². The molecular formula is C24H25N5O. The zero-order valence-corrected chi connectivity index (χ0v) is 16.9. The van der Waals surface area contributed by atoms with Gasteiger partial charge in [-0.1, -0.05) is 61.7 Å². The minimum absolute atomic E-state index is 0.417. The van der Waals surface area contributed by atoms with E-state index in [1.165, 1.54) is 19.3 Å². The molecule has 0 atom stereocenters. The number of imidazole rings is 1. The molecule has 2 aromatic carbocycles. The summed E-state index contributed by atoms with van der Waals surface area (Å²) >= 11 is 0. The van der Waals surface area contributed by atoms with Crippen LogP contribution in [0.2, 0.25) is 0 Å². The van der Waals surface area contributed by atoms with Gasteiger partial charge in [-0.25, -0.2) is 15.0 Å². The first kappa shape index (κ1) is 18.6. The molecule has 2 N–H and O–H groups in total. The van der Waals surface area contributed by atoms with Crippen LogP contribution in [0.5, 0.6) is 5.75 Å². The zero-order valence-electron chi connectivity index (χ0n) is 16.9. The van der Waals surface area contributed by atoms with Gasteiger partial charge in [0.15, 0.2) is 17.3 Å². The lowest BCUT2D eigenvalue weighted by molar-refractivity contribution is 0.306. The summed E-state index contributed by atoms with van der Waals surface area (Å²) in [6.45, 7) is 0.515. The summed E-state index contributed by atoms with van der Waals surface area (Å²) in [6.07, 6.45) is 7.99. The van der Waals surface area contributed by atoms with E-state index in [4.69, 9.17) is 15.5 Å². The average molecular weight is 399 g/mol. The van der Waals surface area contributed by atoms with Crippen molar-refractivity contribution in [2.24, 2.45) is 0 Å². The van der Waals surface area contributed by atoms with Crippen LogP contribution in [0.3, 0.4) is 0 Å². The van der Waals surface area contributed by atoms with E-state index in [-0.39, 0.29) is 0 Å². The highest BCUT2D eigenvalue weighted by molar-refractivity contribution is 5.84. The lowest BCUT2D eigenvalue weighted by atomic mass is 9.95. The molecule has 0 radical (unpaired) electrons. The highest BCUT2D eigenvalue weighted by atomic mass is 16.5. The molecule has 1 aliphatic rings. The van der Waals surface area contributed by atoms with Crippen LogP contribution in [-0.4, -0.2) is 19.5 Å². The summed E-state index contributed by atoms with van der Waals surface area (Å²) in [5.74, 6) is 1.79. The number of rotatable bonds is 5. The van der Waals surface area contributed by atoms with E-state index < -0.39 is 0 Å². The molecule has 2 aromatic heterocycles. The smallest absolute Gasteiger partial charge is 0.166 e. The number of nitrogens with two attached hydrogens (primary N) is 1. The van der Waals surface area contributed by atoms with Crippen molar-refractivity contribution in [2.45, 2.75) is 44.8 Å². The Kier molecular flexibility index (Phi) is 5.05. The van der Waals surface area contributed by atoms with Crippen molar-refractivity contribution in [1.29, 1.82) is 0 Å². The number of fused-ring (bicyclic) bond motifs is 1. The summed E-state index contributed by atoms with van der Waals surface area (Å²) < 4.78 is 8.16. The first-order valence-electron chi connectivity index (χ1n) is 10.5. The van der Waals surface area contributed by atoms with E-state index in [1.54, 1.807) is 0 Å². The van der Waals surface area contributed by atoms with Crippen LogP contribution in [-0.2, 0) is 6.61 Å². The molecule has 5 rings (SSSR count). The quantitative estimate of drug-likeness (QED) is 0.501. The number of hydrogen-bond acceptors (Lipinski definition) is 5. The molecule has 4 aromatic rings. The third kappa shape index (κ3) is 3.73. The Labute approximate surface area is 175 Å². The van der Waals surface area contributed by atoms with Crippen molar-refractivity contribution in [3.8, 4) is 17.1 Å². The molecule has 0 aliphatic heterocycles. The molecule has 6 nitrogen and oxygen atoms in total. The maximum atomic E-state index is 6.25. The van der Waals surface area contributed by atoms with E-state index in [2.05, 4.69) is 14.5 Å². The molecule has 1 fully saturated rings. The minimum Gasteiger partial charge on any atom is -0.489 e. The second kappa shape index (κ2) is 8.14. The third-order valence-electron chi connectivity index (χ3n) is 5.76. The maximum absolute atomic E-state index is 6.25. The Bertz CT molecular complexity index is 1150. The van der Waals surface area contributed by atoms with Crippen LogP contribution >= 0.6 is 0 Å². The number of anilines is 1. The molecular weight excluding hydrogens is 374 g/mol. The second-order valence-electron chi connectivity index (χ2n) is 7.85. The van der Waals surface area contributed by atoms with Gasteiger partial charge in [-0.05, 0) is 30.5 Å². The van der Waals surface area contributed by atoms with E-state index in [0.717, 1.165) is 35.4 Å². The van der Waals surface area contributed by atoms with Crippen molar-refractivity contribution in [2.75, 3.05) is 5.73 Å². The standard InChI is InChI=1S/C24H25N5O/c25-22-21-24(29(16-26-21)19-11-5-2-6-12-19)28-23(27-22)18-10-7-13-20(14-18)30-15-17-8-3-1-4-9-17/h1,3-4,7-10,13-14,16,19H,2,5-6,11-12,15H2,(H2,25,27,28). The molecule has 0 bridgehead atoms. The predicted octanol–water partition coefficient (Wildman–Crippen LogP) is 5.16. The SMILES string of the molecule is Nc1nc(-c2cccc(OCc3ccccc3)c2)nc2c1ncn2C1CCCCC1. The van der Waals surface area contributed by atoms with Gasteiger partial charge in [0, 0.05) is 11.6 Å². The maximum Gasteiger partial charge on any atom is 0.166 e. The summed E-state index contributed by atoms with van der Waals surface area (Å²) in [7, 11) is 0. The van der Waals surface area contributed by atoms with Crippen LogP contribution in [0.1, 0.15) is 43.7 Å². The van der Waals surface area contributed by atoms with Crippen LogP contribution in [0.25, 0.3) is 22.6 Å². The molecule has 0 unspecified atom stereocenters. The lowest BCUT2D eigenvalue weighted by Gasteiger charge is -2.23. The Hall–Kier alpha value is -3.41. The molecule has 0 spiro atoms. The van der Waals surface area contributed by atoms with Crippen LogP contribution in [0, 0.1) is 0 Å². The largest absolute Gasteiger partial charge is 0.489 e. The van der Waals surface area contributed by atoms with Gasteiger partial charge in [0.2, 0.25) is 0 Å². The summed E-state index contributed by atoms with van der Waals surface area (Å²) in [5.41, 5.74) is 9.76. The zero-order chi connectivity index (χ0) is 20.3. The topological polar surface area (TPSA) is 78.8 Å². The fourth-order valence-electron chi connectivity index (χ4n) is 4.16.